The van der Waals surface area contributed by atoms with Crippen molar-refractivity contribution in [2.45, 2.75) is 107 Å². The maximum absolute atomic E-state index is 12.0. The number of amides is 1. The van der Waals surface area contributed by atoms with Crippen LogP contribution in [0.1, 0.15) is 34.6 Å². The summed E-state index contributed by atoms with van der Waals surface area (Å²) in [7, 11) is 2.79. The number of hydrogen-bond acceptors (Lipinski definition) is 17. The van der Waals surface area contributed by atoms with E-state index < -0.39 is 78.8 Å². The Morgan fingerprint density at radius 3 is 1.69 bits per heavy atom. The predicted octanol–water partition coefficient (Wildman–Crippen LogP) is -2.47. The van der Waals surface area contributed by atoms with Gasteiger partial charge in [0.1, 0.15) is 42.7 Å². The highest BCUT2D eigenvalue weighted by Gasteiger charge is 2.52. The fraction of sp³-hybridized carbons (Fsp3) is 0.967. The molecule has 48 heavy (non-hydrogen) atoms. The first-order valence-corrected chi connectivity index (χ1v) is 16.2. The number of nitrogens with two attached hydrogens (primary N) is 3. The van der Waals surface area contributed by atoms with E-state index in [0.717, 1.165) is 0 Å². The van der Waals surface area contributed by atoms with Crippen molar-refractivity contribution >= 4 is 5.91 Å². The highest BCUT2D eigenvalue weighted by Crippen LogP contribution is 2.31. The number of ether oxygens (including phenoxy) is 11. The molecule has 0 aromatic rings. The van der Waals surface area contributed by atoms with Crippen LogP contribution >= 0.6 is 0 Å². The third-order valence-electron chi connectivity index (χ3n) is 7.63. The normalized spacial score (nSPS) is 31.6. The van der Waals surface area contributed by atoms with Gasteiger partial charge < -0.3 is 84.8 Å². The van der Waals surface area contributed by atoms with Crippen LogP contribution < -0.4 is 22.5 Å². The summed E-state index contributed by atoms with van der Waals surface area (Å²) in [6.07, 6.45) is -8.87. The molecule has 18 heteroatoms. The molecular formula is C30H60N4O14. The second-order valence-corrected chi connectivity index (χ2v) is 12.3. The van der Waals surface area contributed by atoms with Gasteiger partial charge >= 0.3 is 0 Å². The lowest BCUT2D eigenvalue weighted by atomic mass is 9.94. The largest absolute Gasteiger partial charge is 0.388 e. The first-order valence-electron chi connectivity index (χ1n) is 16.2. The van der Waals surface area contributed by atoms with Crippen molar-refractivity contribution < 1.29 is 67.1 Å². The lowest BCUT2D eigenvalue weighted by Gasteiger charge is -2.48. The number of hydrogen-bond donors (Lipinski definition) is 6. The summed E-state index contributed by atoms with van der Waals surface area (Å²) in [4.78, 5) is 12.0. The molecule has 9 N–H and O–H groups in total. The van der Waals surface area contributed by atoms with Gasteiger partial charge in [0.25, 0.3) is 0 Å². The van der Waals surface area contributed by atoms with Crippen molar-refractivity contribution in [1.82, 2.24) is 5.32 Å². The second kappa shape index (κ2) is 21.3. The number of nitrogens with one attached hydrogen (secondary N) is 1. The summed E-state index contributed by atoms with van der Waals surface area (Å²) < 4.78 is 63.9. The molecule has 2 heterocycles. The molecule has 2 rings (SSSR count). The van der Waals surface area contributed by atoms with Gasteiger partial charge in [-0.1, -0.05) is 0 Å². The molecule has 0 aromatic heterocycles. The molecule has 0 aromatic carbocycles. The molecule has 0 aliphatic carbocycles. The molecule has 2 saturated heterocycles. The summed E-state index contributed by atoms with van der Waals surface area (Å²) >= 11 is 0. The minimum Gasteiger partial charge on any atom is -0.388 e. The van der Waals surface area contributed by atoms with Crippen LogP contribution in [0.15, 0.2) is 0 Å². The van der Waals surface area contributed by atoms with Crippen molar-refractivity contribution in [3.05, 3.63) is 0 Å². The van der Waals surface area contributed by atoms with E-state index in [1.54, 1.807) is 27.7 Å². The zero-order valence-corrected chi connectivity index (χ0v) is 29.4. The van der Waals surface area contributed by atoms with Gasteiger partial charge in [-0.3, -0.25) is 4.79 Å². The number of aliphatic hydroxyl groups is 2. The molecule has 10 atom stereocenters. The average molecular weight is 701 g/mol. The molecule has 2 aliphatic rings. The van der Waals surface area contributed by atoms with Gasteiger partial charge in [-0.15, -0.1) is 0 Å². The van der Waals surface area contributed by atoms with Crippen molar-refractivity contribution in [2.24, 2.45) is 17.2 Å². The second-order valence-electron chi connectivity index (χ2n) is 12.3. The van der Waals surface area contributed by atoms with Crippen LogP contribution in [0.25, 0.3) is 0 Å². The molecule has 1 amide bonds. The summed E-state index contributed by atoms with van der Waals surface area (Å²) in [5, 5.41) is 25.3. The summed E-state index contributed by atoms with van der Waals surface area (Å²) in [6.45, 7) is 10.7. The summed E-state index contributed by atoms with van der Waals surface area (Å²) in [6, 6.07) is -2.14. The van der Waals surface area contributed by atoms with Gasteiger partial charge in [0.15, 0.2) is 24.2 Å². The van der Waals surface area contributed by atoms with Crippen LogP contribution in [0.5, 0.6) is 0 Å². The molecule has 0 spiro atoms. The number of aliphatic hydroxyl groups excluding tert-OH is 2. The van der Waals surface area contributed by atoms with E-state index in [-0.39, 0.29) is 26.4 Å². The minimum absolute atomic E-state index is 0.0736. The molecule has 0 saturated carbocycles. The first-order chi connectivity index (χ1) is 22.7. The summed E-state index contributed by atoms with van der Waals surface area (Å²) in [5.41, 5.74) is 17.3. The van der Waals surface area contributed by atoms with Crippen LogP contribution in [0, 0.1) is 0 Å². The molecule has 0 bridgehead atoms. The third kappa shape index (κ3) is 13.9. The van der Waals surface area contributed by atoms with Gasteiger partial charge in [0.2, 0.25) is 5.91 Å². The van der Waals surface area contributed by atoms with Crippen molar-refractivity contribution in [3.63, 3.8) is 0 Å². The van der Waals surface area contributed by atoms with Crippen LogP contribution in [0.4, 0.5) is 0 Å². The van der Waals surface area contributed by atoms with Gasteiger partial charge in [-0.25, -0.2) is 0 Å². The Morgan fingerprint density at radius 2 is 1.23 bits per heavy atom. The fourth-order valence-electron chi connectivity index (χ4n) is 5.17. The fourth-order valence-corrected chi connectivity index (χ4v) is 5.17. The van der Waals surface area contributed by atoms with E-state index in [1.165, 1.54) is 21.1 Å². The highest BCUT2D eigenvalue weighted by atomic mass is 16.8. The number of carbonyl (C=O) groups is 1. The van der Waals surface area contributed by atoms with E-state index in [4.69, 9.17) is 69.3 Å². The Kier molecular flexibility index (Phi) is 19.0. The predicted molar refractivity (Wildman–Crippen MR) is 169 cm³/mol. The monoisotopic (exact) mass is 700 g/mol. The van der Waals surface area contributed by atoms with Crippen LogP contribution in [0.3, 0.4) is 0 Å². The average Bonchev–Trinajstić information content (AvgIpc) is 3.03. The number of carbonyl (C=O) groups excluding carboxylic acids is 1. The topological polar surface area (TPSA) is 249 Å². The van der Waals surface area contributed by atoms with Gasteiger partial charge in [0, 0.05) is 34.2 Å². The standard InChI is InChI=1S/C30H60N4O14/c1-18(35)34-22-24(37)26(20(47-28(22)39-7)17-45-30(4,5)43-15-13-41-11-9-32)48-27-21(33)23(36)25(38-6)19(46-27)16-44-29(2,3)42-14-12-40-10-8-31/h19-28,36-37H,8-17,31-33H2,1-7H3,(H,34,35). The molecule has 2 aliphatic heterocycles. The molecular weight excluding hydrogens is 640 g/mol. The van der Waals surface area contributed by atoms with E-state index >= 15 is 0 Å². The maximum atomic E-state index is 12.0. The Hall–Kier alpha value is -1.17. The van der Waals surface area contributed by atoms with Crippen LogP contribution in [-0.4, -0.2) is 169 Å². The first kappa shape index (κ1) is 43.0. The molecule has 2 fully saturated rings. The number of methoxy groups -OCH3 is 2. The maximum Gasteiger partial charge on any atom is 0.217 e. The molecule has 18 nitrogen and oxygen atoms in total. The third-order valence-corrected chi connectivity index (χ3v) is 7.63. The smallest absolute Gasteiger partial charge is 0.217 e. The van der Waals surface area contributed by atoms with Crippen LogP contribution in [-0.2, 0) is 56.9 Å². The molecule has 10 unspecified atom stereocenters. The molecule has 0 radical (unpaired) electrons. The Balaban J connectivity index is 2.20. The Bertz CT molecular complexity index is 906. The van der Waals surface area contributed by atoms with Crippen molar-refractivity contribution in [3.8, 4) is 0 Å². The zero-order chi connectivity index (χ0) is 35.9. The minimum atomic E-state index is -1.38. The van der Waals surface area contributed by atoms with E-state index in [2.05, 4.69) is 5.32 Å². The molecule has 284 valence electrons. The van der Waals surface area contributed by atoms with Gasteiger partial charge in [-0.05, 0) is 27.7 Å². The quantitative estimate of drug-likeness (QED) is 0.0477. The van der Waals surface area contributed by atoms with E-state index in [1.807, 2.05) is 0 Å². The lowest BCUT2D eigenvalue weighted by Crippen LogP contribution is -2.69. The van der Waals surface area contributed by atoms with E-state index in [0.29, 0.717) is 39.5 Å². The Morgan fingerprint density at radius 1 is 0.729 bits per heavy atom. The summed E-state index contributed by atoms with van der Waals surface area (Å²) in [5.74, 6) is -2.56. The van der Waals surface area contributed by atoms with Crippen LogP contribution in [0.2, 0.25) is 0 Å². The van der Waals surface area contributed by atoms with Crippen molar-refractivity contribution in [1.29, 1.82) is 0 Å². The SMILES string of the molecule is COC1OC(COC(C)(C)OCCOCCN)C(OC2OC(COC(C)(C)OCCOCCN)C(OC)C(O)C2N)C(O)C1NC(C)=O. The number of rotatable bonds is 23. The van der Waals surface area contributed by atoms with E-state index in [9.17, 15) is 15.0 Å². The van der Waals surface area contributed by atoms with Crippen molar-refractivity contribution in [2.75, 3.05) is 80.2 Å². The lowest BCUT2D eigenvalue weighted by molar-refractivity contribution is -0.342. The zero-order valence-electron chi connectivity index (χ0n) is 29.4. The highest BCUT2D eigenvalue weighted by molar-refractivity contribution is 5.73. The van der Waals surface area contributed by atoms with Gasteiger partial charge in [-0.2, -0.15) is 0 Å². The Labute approximate surface area is 283 Å². The van der Waals surface area contributed by atoms with Gasteiger partial charge in [0.05, 0.1) is 58.9 Å².